The molecular weight excluding hydrogens is 363 g/mol. The van der Waals surface area contributed by atoms with Crippen molar-refractivity contribution in [3.05, 3.63) is 46.2 Å². The molecule has 2 aromatic heterocycles. The molecule has 0 radical (unpaired) electrons. The van der Waals surface area contributed by atoms with Crippen molar-refractivity contribution < 1.29 is 13.6 Å². The molecule has 0 aliphatic carbocycles. The van der Waals surface area contributed by atoms with Gasteiger partial charge in [0, 0.05) is 11.1 Å². The highest BCUT2D eigenvalue weighted by molar-refractivity contribution is 7.99. The zero-order valence-electron chi connectivity index (χ0n) is 13.0. The van der Waals surface area contributed by atoms with Crippen molar-refractivity contribution >= 4 is 28.9 Å². The topological polar surface area (TPSA) is 92.7 Å². The Morgan fingerprint density at radius 3 is 2.92 bits per heavy atom. The molecule has 0 amide bonds. The third-order valence-electron chi connectivity index (χ3n) is 3.18. The van der Waals surface area contributed by atoms with Gasteiger partial charge in [-0.05, 0) is 19.1 Å². The largest absolute Gasteiger partial charge is 0.411 e. The molecule has 9 heteroatoms. The summed E-state index contributed by atoms with van der Waals surface area (Å²) in [4.78, 5) is 16.4. The number of rotatable bonds is 6. The van der Waals surface area contributed by atoms with E-state index in [0.29, 0.717) is 5.01 Å². The molecule has 0 aliphatic heterocycles. The van der Waals surface area contributed by atoms with Crippen LogP contribution in [0.4, 0.5) is 4.39 Å². The molecule has 6 nitrogen and oxygen atoms in total. The smallest absolute Gasteiger partial charge is 0.277 e. The van der Waals surface area contributed by atoms with Gasteiger partial charge in [0.2, 0.25) is 0 Å². The van der Waals surface area contributed by atoms with Crippen molar-refractivity contribution in [2.75, 3.05) is 5.75 Å². The first-order valence-corrected chi connectivity index (χ1v) is 9.00. The fourth-order valence-corrected chi connectivity index (χ4v) is 3.53. The number of Topliss-reactive ketones (excluding diaryl/α,β-unsaturated/α-hetero) is 1. The van der Waals surface area contributed by atoms with Gasteiger partial charge in [0.05, 0.1) is 17.4 Å². The van der Waals surface area contributed by atoms with Gasteiger partial charge >= 0.3 is 0 Å². The number of thiazole rings is 1. The first-order valence-electron chi connectivity index (χ1n) is 7.14. The fourth-order valence-electron chi connectivity index (χ4n) is 2.00. The van der Waals surface area contributed by atoms with E-state index < -0.39 is 11.7 Å². The Morgan fingerprint density at radius 1 is 1.44 bits per heavy atom. The average molecular weight is 374 g/mol. The molecule has 0 spiro atoms. The molecule has 3 rings (SSSR count). The first-order chi connectivity index (χ1) is 12.1. The molecule has 0 N–H and O–H groups in total. The van der Waals surface area contributed by atoms with Crippen LogP contribution in [0.15, 0.2) is 39.3 Å². The van der Waals surface area contributed by atoms with Crippen molar-refractivity contribution in [1.82, 2.24) is 15.2 Å². The van der Waals surface area contributed by atoms with E-state index in [1.165, 1.54) is 23.5 Å². The Morgan fingerprint density at radius 2 is 2.24 bits per heavy atom. The molecule has 0 saturated heterocycles. The van der Waals surface area contributed by atoms with E-state index >= 15 is 0 Å². The molecule has 0 fully saturated rings. The van der Waals surface area contributed by atoms with Gasteiger partial charge in [0.1, 0.15) is 10.8 Å². The summed E-state index contributed by atoms with van der Waals surface area (Å²) in [5, 5.41) is 19.2. The Kier molecular flexibility index (Phi) is 5.21. The van der Waals surface area contributed by atoms with Crippen LogP contribution in [0, 0.1) is 24.1 Å². The van der Waals surface area contributed by atoms with E-state index in [9.17, 15) is 14.4 Å². The van der Waals surface area contributed by atoms with E-state index in [0.717, 1.165) is 17.5 Å². The highest BCUT2D eigenvalue weighted by atomic mass is 32.2. The number of aromatic nitrogens is 3. The van der Waals surface area contributed by atoms with Crippen LogP contribution >= 0.6 is 23.1 Å². The zero-order valence-corrected chi connectivity index (χ0v) is 14.6. The van der Waals surface area contributed by atoms with Gasteiger partial charge in [-0.1, -0.05) is 23.9 Å². The molecule has 1 aromatic carbocycles. The minimum atomic E-state index is -0.917. The first kappa shape index (κ1) is 17.3. The molecule has 0 bridgehead atoms. The number of ketones is 1. The Labute approximate surface area is 150 Å². The van der Waals surface area contributed by atoms with E-state index in [2.05, 4.69) is 15.2 Å². The maximum absolute atomic E-state index is 13.7. The SMILES string of the molecule is Cc1csc([C@H](C#N)C(=O)CSc2nnc(-c3ccccc3F)o2)n1. The third-order valence-corrected chi connectivity index (χ3v) is 5.05. The van der Waals surface area contributed by atoms with Crippen LogP contribution < -0.4 is 0 Å². The summed E-state index contributed by atoms with van der Waals surface area (Å²) in [6, 6.07) is 8.02. The van der Waals surface area contributed by atoms with Crippen molar-refractivity contribution in [1.29, 1.82) is 5.26 Å². The highest BCUT2D eigenvalue weighted by Gasteiger charge is 2.24. The van der Waals surface area contributed by atoms with E-state index in [1.807, 2.05) is 6.07 Å². The van der Waals surface area contributed by atoms with Gasteiger partial charge in [-0.15, -0.1) is 21.5 Å². The van der Waals surface area contributed by atoms with Crippen LogP contribution in [0.3, 0.4) is 0 Å². The molecule has 2 heterocycles. The van der Waals surface area contributed by atoms with Gasteiger partial charge in [-0.3, -0.25) is 4.79 Å². The van der Waals surface area contributed by atoms with Gasteiger partial charge in [0.25, 0.3) is 11.1 Å². The number of hydrogen-bond acceptors (Lipinski definition) is 8. The number of aryl methyl sites for hydroxylation is 1. The maximum Gasteiger partial charge on any atom is 0.277 e. The number of benzene rings is 1. The minimum absolute atomic E-state index is 0.0181. The normalized spacial score (nSPS) is 11.9. The monoisotopic (exact) mass is 374 g/mol. The quantitative estimate of drug-likeness (QED) is 0.609. The Balaban J connectivity index is 1.67. The molecule has 0 unspecified atom stereocenters. The molecule has 126 valence electrons. The van der Waals surface area contributed by atoms with Crippen molar-refractivity contribution in [2.24, 2.45) is 0 Å². The number of nitrogens with zero attached hydrogens (tertiary/aromatic N) is 4. The molecule has 1 atom stereocenters. The molecular formula is C16H11FN4O2S2. The lowest BCUT2D eigenvalue weighted by molar-refractivity contribution is -0.116. The van der Waals surface area contributed by atoms with Gasteiger partial charge in [-0.2, -0.15) is 5.26 Å². The lowest BCUT2D eigenvalue weighted by Gasteiger charge is -2.03. The number of thioether (sulfide) groups is 1. The van der Waals surface area contributed by atoms with Crippen molar-refractivity contribution in [3.63, 3.8) is 0 Å². The van der Waals surface area contributed by atoms with Crippen LogP contribution in [-0.4, -0.2) is 26.7 Å². The van der Waals surface area contributed by atoms with Crippen LogP contribution in [0.5, 0.6) is 0 Å². The average Bonchev–Trinajstić information content (AvgIpc) is 3.23. The van der Waals surface area contributed by atoms with E-state index in [1.54, 1.807) is 24.4 Å². The van der Waals surface area contributed by atoms with Crippen LogP contribution in [0.25, 0.3) is 11.5 Å². The van der Waals surface area contributed by atoms with Crippen LogP contribution in [0.2, 0.25) is 0 Å². The van der Waals surface area contributed by atoms with Crippen molar-refractivity contribution in [3.8, 4) is 17.5 Å². The summed E-state index contributed by atoms with van der Waals surface area (Å²) < 4.78 is 19.1. The van der Waals surface area contributed by atoms with Gasteiger partial charge in [0.15, 0.2) is 11.7 Å². The predicted molar refractivity (Wildman–Crippen MR) is 90.6 cm³/mol. The van der Waals surface area contributed by atoms with Crippen LogP contribution in [0.1, 0.15) is 16.6 Å². The maximum atomic E-state index is 13.7. The summed E-state index contributed by atoms with van der Waals surface area (Å²) in [5.74, 6) is -1.66. The van der Waals surface area contributed by atoms with E-state index in [4.69, 9.17) is 4.42 Å². The summed E-state index contributed by atoms with van der Waals surface area (Å²) in [6.45, 7) is 1.80. The van der Waals surface area contributed by atoms with Crippen molar-refractivity contribution in [2.45, 2.75) is 18.1 Å². The second kappa shape index (κ2) is 7.55. The molecule has 3 aromatic rings. The summed E-state index contributed by atoms with van der Waals surface area (Å²) >= 11 is 2.29. The molecule has 0 aliphatic rings. The minimum Gasteiger partial charge on any atom is -0.411 e. The fraction of sp³-hybridized carbons (Fsp3) is 0.188. The number of hydrogen-bond donors (Lipinski definition) is 0. The summed E-state index contributed by atoms with van der Waals surface area (Å²) in [5.41, 5.74) is 0.966. The lowest BCUT2D eigenvalue weighted by atomic mass is 10.1. The Bertz CT molecular complexity index is 948. The second-order valence-corrected chi connectivity index (χ2v) is 6.81. The predicted octanol–water partition coefficient (Wildman–Crippen LogP) is 3.61. The lowest BCUT2D eigenvalue weighted by Crippen LogP contribution is -2.13. The Hall–Kier alpha value is -2.57. The number of halogens is 1. The van der Waals surface area contributed by atoms with Crippen LogP contribution in [-0.2, 0) is 4.79 Å². The highest BCUT2D eigenvalue weighted by Crippen LogP contribution is 2.27. The molecule has 25 heavy (non-hydrogen) atoms. The zero-order chi connectivity index (χ0) is 17.8. The third kappa shape index (κ3) is 3.92. The number of nitriles is 1. The number of carbonyl (C=O) groups is 1. The standard InChI is InChI=1S/C16H11FN4O2S2/c1-9-7-24-15(19-9)11(6-18)13(22)8-25-16-21-20-14(23-16)10-4-2-3-5-12(10)17/h2-5,7,11H,8H2,1H3/t11-/m1/s1. The van der Waals surface area contributed by atoms with E-state index in [-0.39, 0.29) is 28.2 Å². The van der Waals surface area contributed by atoms with Gasteiger partial charge in [-0.25, -0.2) is 9.37 Å². The summed E-state index contributed by atoms with van der Waals surface area (Å²) in [6.07, 6.45) is 0. The molecule has 0 saturated carbocycles. The second-order valence-electron chi connectivity index (χ2n) is 5.00. The van der Waals surface area contributed by atoms with Gasteiger partial charge < -0.3 is 4.42 Å². The summed E-state index contributed by atoms with van der Waals surface area (Å²) in [7, 11) is 0. The number of carbonyl (C=O) groups excluding carboxylic acids is 1.